The topological polar surface area (TPSA) is 77.8 Å². The van der Waals surface area contributed by atoms with Gasteiger partial charge in [0, 0.05) is 41.2 Å². The lowest BCUT2D eigenvalue weighted by atomic mass is 10.1. The van der Waals surface area contributed by atoms with Gasteiger partial charge in [-0.1, -0.05) is 11.6 Å². The second-order valence-electron chi connectivity index (χ2n) is 7.84. The van der Waals surface area contributed by atoms with E-state index in [9.17, 15) is 9.18 Å². The van der Waals surface area contributed by atoms with Crippen LogP contribution in [0.15, 0.2) is 42.5 Å². The average molecular weight is 483 g/mol. The summed E-state index contributed by atoms with van der Waals surface area (Å²) in [5, 5.41) is 7.45. The summed E-state index contributed by atoms with van der Waals surface area (Å²) in [6, 6.07) is 11.6. The number of fused-ring (bicyclic) bond motifs is 1. The van der Waals surface area contributed by atoms with Gasteiger partial charge in [0.1, 0.15) is 17.3 Å². The largest absolute Gasteiger partial charge is 0.497 e. The fourth-order valence-electron chi connectivity index (χ4n) is 3.82. The molecule has 1 N–H and O–H groups in total. The summed E-state index contributed by atoms with van der Waals surface area (Å²) in [5.74, 6) is 0.602. The van der Waals surface area contributed by atoms with Gasteiger partial charge in [-0.25, -0.2) is 13.9 Å². The van der Waals surface area contributed by atoms with E-state index in [-0.39, 0.29) is 17.4 Å². The predicted octanol–water partition coefficient (Wildman–Crippen LogP) is 5.39. The maximum absolute atomic E-state index is 13.3. The Labute approximate surface area is 201 Å². The molecule has 1 amide bonds. The highest BCUT2D eigenvalue weighted by atomic mass is 35.5. The number of amides is 1. The van der Waals surface area contributed by atoms with E-state index in [1.807, 2.05) is 32.0 Å². The molecular weight excluding hydrogens is 459 g/mol. The van der Waals surface area contributed by atoms with Gasteiger partial charge >= 0.3 is 0 Å². The van der Waals surface area contributed by atoms with Gasteiger partial charge in [0.25, 0.3) is 0 Å². The van der Waals surface area contributed by atoms with Crippen LogP contribution in [0.25, 0.3) is 16.9 Å². The van der Waals surface area contributed by atoms with Gasteiger partial charge in [-0.05, 0) is 56.2 Å². The first kappa shape index (κ1) is 23.5. The number of carbonyl (C=O) groups is 1. The van der Waals surface area contributed by atoms with E-state index >= 15 is 0 Å². The van der Waals surface area contributed by atoms with Crippen molar-refractivity contribution < 1.29 is 18.7 Å². The number of carbonyl (C=O) groups excluding carboxylic acids is 1. The molecule has 2 heterocycles. The first-order valence-corrected chi connectivity index (χ1v) is 11.0. The van der Waals surface area contributed by atoms with Crippen molar-refractivity contribution in [1.29, 1.82) is 0 Å². The van der Waals surface area contributed by atoms with Gasteiger partial charge in [-0.2, -0.15) is 5.10 Å². The lowest BCUT2D eigenvalue weighted by Gasteiger charge is -2.11. The summed E-state index contributed by atoms with van der Waals surface area (Å²) < 4.78 is 25.9. The molecule has 34 heavy (non-hydrogen) atoms. The number of rotatable bonds is 7. The average Bonchev–Trinajstić information content (AvgIpc) is 3.25. The summed E-state index contributed by atoms with van der Waals surface area (Å²) in [6.07, 6.45) is 0.703. The van der Waals surface area contributed by atoms with E-state index in [1.165, 1.54) is 18.2 Å². The second kappa shape index (κ2) is 9.69. The van der Waals surface area contributed by atoms with Gasteiger partial charge in [-0.15, -0.1) is 0 Å². The van der Waals surface area contributed by atoms with Crippen LogP contribution in [0.3, 0.4) is 0 Å². The maximum Gasteiger partial charge on any atom is 0.224 e. The fourth-order valence-corrected chi connectivity index (χ4v) is 4.00. The van der Waals surface area contributed by atoms with Crippen LogP contribution in [-0.2, 0) is 11.2 Å². The van der Waals surface area contributed by atoms with Crippen LogP contribution in [0.1, 0.15) is 23.4 Å². The number of hydrogen-bond acceptors (Lipinski definition) is 5. The van der Waals surface area contributed by atoms with Crippen LogP contribution in [0, 0.1) is 19.7 Å². The Bertz CT molecular complexity index is 1360. The van der Waals surface area contributed by atoms with Gasteiger partial charge in [0.15, 0.2) is 5.65 Å². The molecule has 4 aromatic rings. The van der Waals surface area contributed by atoms with Crippen LogP contribution < -0.4 is 14.8 Å². The highest BCUT2D eigenvalue weighted by molar-refractivity contribution is 6.31. The molecular formula is C25H24ClFN4O3. The Hall–Kier alpha value is -3.65. The molecule has 176 valence electrons. The van der Waals surface area contributed by atoms with Gasteiger partial charge in [-0.3, -0.25) is 4.79 Å². The summed E-state index contributed by atoms with van der Waals surface area (Å²) in [5.41, 5.74) is 5.41. The number of nitrogens with one attached hydrogen (secondary N) is 1. The summed E-state index contributed by atoms with van der Waals surface area (Å²) in [6.45, 7) is 3.87. The highest BCUT2D eigenvalue weighted by Gasteiger charge is 2.16. The number of anilines is 1. The minimum atomic E-state index is -0.531. The van der Waals surface area contributed by atoms with Gasteiger partial charge in [0.05, 0.1) is 24.9 Å². The van der Waals surface area contributed by atoms with Crippen LogP contribution in [-0.4, -0.2) is 34.7 Å². The van der Waals surface area contributed by atoms with Crippen molar-refractivity contribution in [2.45, 2.75) is 26.7 Å². The normalized spacial score (nSPS) is 11.0. The van der Waals surface area contributed by atoms with Crippen molar-refractivity contribution >= 4 is 28.8 Å². The molecule has 2 aromatic carbocycles. The summed E-state index contributed by atoms with van der Waals surface area (Å²) in [7, 11) is 3.20. The molecule has 0 aliphatic heterocycles. The molecule has 0 atom stereocenters. The molecule has 9 heteroatoms. The third-order valence-corrected chi connectivity index (χ3v) is 5.91. The lowest BCUT2D eigenvalue weighted by molar-refractivity contribution is -0.116. The number of aromatic nitrogens is 3. The standard InChI is InChI=1S/C25H24ClFN4O3/c1-14-20(6-8-25(32)29-17-5-7-22(27)21(26)11-17)15(2)31-24(28-14)13-23(30-31)16-9-18(33-3)12-19(10-16)34-4/h5,7,9-13H,6,8H2,1-4H3,(H,29,32). The molecule has 7 nitrogen and oxygen atoms in total. The number of ether oxygens (including phenoxy) is 2. The van der Waals surface area contributed by atoms with Crippen molar-refractivity contribution in [3.63, 3.8) is 0 Å². The van der Waals surface area contributed by atoms with Crippen LogP contribution in [0.4, 0.5) is 10.1 Å². The highest BCUT2D eigenvalue weighted by Crippen LogP contribution is 2.30. The van der Waals surface area contributed by atoms with Crippen molar-refractivity contribution in [3.8, 4) is 22.8 Å². The van der Waals surface area contributed by atoms with E-state index in [0.717, 1.165) is 28.2 Å². The monoisotopic (exact) mass is 482 g/mol. The SMILES string of the molecule is COc1cc(OC)cc(-c2cc3nc(C)c(CCC(=O)Nc4ccc(F)c(Cl)c4)c(C)n3n2)c1. The van der Waals surface area contributed by atoms with Crippen molar-refractivity contribution in [3.05, 3.63) is 70.3 Å². The molecule has 0 saturated heterocycles. The molecule has 4 rings (SSSR count). The van der Waals surface area contributed by atoms with Gasteiger partial charge in [0.2, 0.25) is 5.91 Å². The second-order valence-corrected chi connectivity index (χ2v) is 8.25. The zero-order chi connectivity index (χ0) is 24.4. The summed E-state index contributed by atoms with van der Waals surface area (Å²) >= 11 is 5.79. The number of benzene rings is 2. The fraction of sp³-hybridized carbons (Fsp3) is 0.240. The summed E-state index contributed by atoms with van der Waals surface area (Å²) in [4.78, 5) is 17.2. The number of aryl methyl sites for hydroxylation is 2. The molecule has 0 saturated carbocycles. The molecule has 0 fully saturated rings. The van der Waals surface area contributed by atoms with Crippen molar-refractivity contribution in [1.82, 2.24) is 14.6 Å². The Kier molecular flexibility index (Phi) is 6.70. The molecule has 0 bridgehead atoms. The first-order chi connectivity index (χ1) is 16.3. The van der Waals surface area contributed by atoms with E-state index in [1.54, 1.807) is 24.8 Å². The molecule has 0 radical (unpaired) electrons. The predicted molar refractivity (Wildman–Crippen MR) is 129 cm³/mol. The third kappa shape index (κ3) is 4.82. The Balaban J connectivity index is 1.57. The zero-order valence-electron chi connectivity index (χ0n) is 19.3. The molecule has 2 aromatic heterocycles. The number of nitrogens with zero attached hydrogens (tertiary/aromatic N) is 3. The Morgan fingerprint density at radius 1 is 1.09 bits per heavy atom. The number of halogens is 2. The Morgan fingerprint density at radius 3 is 2.44 bits per heavy atom. The van der Waals surface area contributed by atoms with Crippen molar-refractivity contribution in [2.75, 3.05) is 19.5 Å². The molecule has 0 unspecified atom stereocenters. The van der Waals surface area contributed by atoms with Gasteiger partial charge < -0.3 is 14.8 Å². The zero-order valence-corrected chi connectivity index (χ0v) is 20.0. The minimum absolute atomic E-state index is 0.0396. The van der Waals surface area contributed by atoms with Crippen LogP contribution >= 0.6 is 11.6 Å². The van der Waals surface area contributed by atoms with E-state index in [4.69, 9.17) is 31.2 Å². The van der Waals surface area contributed by atoms with Crippen LogP contribution in [0.2, 0.25) is 5.02 Å². The minimum Gasteiger partial charge on any atom is -0.497 e. The maximum atomic E-state index is 13.3. The number of methoxy groups -OCH3 is 2. The third-order valence-electron chi connectivity index (χ3n) is 5.62. The molecule has 0 spiro atoms. The van der Waals surface area contributed by atoms with Crippen molar-refractivity contribution in [2.24, 2.45) is 0 Å². The first-order valence-electron chi connectivity index (χ1n) is 10.6. The Morgan fingerprint density at radius 2 is 1.79 bits per heavy atom. The van der Waals surface area contributed by atoms with E-state index < -0.39 is 5.82 Å². The molecule has 0 aliphatic carbocycles. The molecule has 0 aliphatic rings. The smallest absolute Gasteiger partial charge is 0.224 e. The van der Waals surface area contributed by atoms with E-state index in [2.05, 4.69) is 5.32 Å². The lowest BCUT2D eigenvalue weighted by Crippen LogP contribution is -2.14. The van der Waals surface area contributed by atoms with Crippen LogP contribution in [0.5, 0.6) is 11.5 Å². The number of hydrogen-bond donors (Lipinski definition) is 1. The quantitative estimate of drug-likeness (QED) is 0.382. The van der Waals surface area contributed by atoms with E-state index in [0.29, 0.717) is 29.3 Å².